The largest absolute Gasteiger partial charge is 0.455 e. The first-order chi connectivity index (χ1) is 30.2. The Bertz CT molecular complexity index is 3520. The molecule has 3 heteroatoms. The topological polar surface area (TPSA) is 21.3 Å². The van der Waals surface area contributed by atoms with Gasteiger partial charge in [-0.05, 0) is 118 Å². The molecule has 0 bridgehead atoms. The minimum absolute atomic E-state index is 0.889. The van der Waals surface area contributed by atoms with Gasteiger partial charge >= 0.3 is 0 Å². The molecule has 12 rings (SSSR count). The molecule has 0 spiro atoms. The fourth-order valence-electron chi connectivity index (χ4n) is 9.22. The molecule has 0 radical (unpaired) electrons. The van der Waals surface area contributed by atoms with E-state index < -0.39 is 0 Å². The first kappa shape index (κ1) is 34.9. The number of hydrogen-bond acceptors (Lipinski definition) is 2. The summed E-state index contributed by atoms with van der Waals surface area (Å²) in [5, 5.41) is 7.10. The van der Waals surface area contributed by atoms with Gasteiger partial charge in [0.1, 0.15) is 11.2 Å². The van der Waals surface area contributed by atoms with Gasteiger partial charge in [0.2, 0.25) is 0 Å². The van der Waals surface area contributed by atoms with Crippen LogP contribution in [0.4, 0.5) is 17.1 Å². The highest BCUT2D eigenvalue weighted by atomic mass is 16.3. The van der Waals surface area contributed by atoms with Crippen LogP contribution in [0.25, 0.3) is 93.6 Å². The maximum Gasteiger partial charge on any atom is 0.143 e. The van der Waals surface area contributed by atoms with Crippen LogP contribution in [0.5, 0.6) is 0 Å². The van der Waals surface area contributed by atoms with Gasteiger partial charge in [-0.15, -0.1) is 0 Å². The van der Waals surface area contributed by atoms with Crippen LogP contribution >= 0.6 is 0 Å². The molecular formula is C58H38N2O. The Morgan fingerprint density at radius 2 is 0.836 bits per heavy atom. The number of hydrogen-bond donors (Lipinski definition) is 0. The van der Waals surface area contributed by atoms with Crippen molar-refractivity contribution in [2.75, 3.05) is 4.90 Å². The summed E-state index contributed by atoms with van der Waals surface area (Å²) in [4.78, 5) is 2.35. The van der Waals surface area contributed by atoms with E-state index in [0.29, 0.717) is 0 Å². The van der Waals surface area contributed by atoms with Gasteiger partial charge in [0.15, 0.2) is 0 Å². The third-order valence-electron chi connectivity index (χ3n) is 12.2. The normalized spacial score (nSPS) is 11.6. The monoisotopic (exact) mass is 778 g/mol. The number of rotatable bonds is 7. The molecule has 0 atom stereocenters. The van der Waals surface area contributed by atoms with Gasteiger partial charge < -0.3 is 13.9 Å². The predicted molar refractivity (Wildman–Crippen MR) is 257 cm³/mol. The second kappa shape index (κ2) is 14.3. The van der Waals surface area contributed by atoms with Crippen molar-refractivity contribution in [1.82, 2.24) is 4.57 Å². The number of aromatic nitrogens is 1. The Morgan fingerprint density at radius 1 is 0.311 bits per heavy atom. The number of benzene rings is 10. The number of anilines is 3. The van der Waals surface area contributed by atoms with E-state index in [0.717, 1.165) is 66.8 Å². The van der Waals surface area contributed by atoms with Crippen LogP contribution in [-0.2, 0) is 0 Å². The Labute approximate surface area is 353 Å². The Balaban J connectivity index is 0.935. The van der Waals surface area contributed by atoms with E-state index in [1.807, 2.05) is 0 Å². The molecule has 0 aliphatic rings. The van der Waals surface area contributed by atoms with Gasteiger partial charge in [-0.2, -0.15) is 0 Å². The fourth-order valence-corrected chi connectivity index (χ4v) is 9.22. The minimum atomic E-state index is 0.889. The maximum absolute atomic E-state index is 6.59. The van der Waals surface area contributed by atoms with Crippen molar-refractivity contribution in [3.05, 3.63) is 231 Å². The summed E-state index contributed by atoms with van der Waals surface area (Å²) in [6.45, 7) is 0. The molecular weight excluding hydrogens is 741 g/mol. The molecule has 0 fully saturated rings. The molecule has 10 aromatic carbocycles. The fraction of sp³-hybridized carbons (Fsp3) is 0. The summed E-state index contributed by atoms with van der Waals surface area (Å²) >= 11 is 0. The molecule has 0 aliphatic heterocycles. The van der Waals surface area contributed by atoms with Gasteiger partial charge in [0, 0.05) is 49.7 Å². The van der Waals surface area contributed by atoms with Crippen LogP contribution in [0.2, 0.25) is 0 Å². The molecule has 0 saturated heterocycles. The summed E-state index contributed by atoms with van der Waals surface area (Å²) in [6.07, 6.45) is 0. The van der Waals surface area contributed by atoms with E-state index in [1.165, 1.54) is 43.9 Å². The van der Waals surface area contributed by atoms with Crippen LogP contribution in [-0.4, -0.2) is 4.57 Å². The highest BCUT2D eigenvalue weighted by Crippen LogP contribution is 2.41. The molecule has 0 saturated carbocycles. The number of nitrogens with zero attached hydrogens (tertiary/aromatic N) is 2. The van der Waals surface area contributed by atoms with Gasteiger partial charge in [-0.3, -0.25) is 0 Å². The molecule has 0 amide bonds. The van der Waals surface area contributed by atoms with Crippen molar-refractivity contribution in [2.45, 2.75) is 0 Å². The third-order valence-corrected chi connectivity index (χ3v) is 12.2. The van der Waals surface area contributed by atoms with Gasteiger partial charge in [-0.25, -0.2) is 0 Å². The summed E-state index contributed by atoms with van der Waals surface area (Å²) in [6, 6.07) is 82.9. The first-order valence-corrected chi connectivity index (χ1v) is 20.8. The van der Waals surface area contributed by atoms with Gasteiger partial charge in [-0.1, -0.05) is 152 Å². The maximum atomic E-state index is 6.59. The molecule has 0 unspecified atom stereocenters. The predicted octanol–water partition coefficient (Wildman–Crippen LogP) is 16.3. The van der Waals surface area contributed by atoms with Crippen LogP contribution in [0.3, 0.4) is 0 Å². The Morgan fingerprint density at radius 3 is 1.56 bits per heavy atom. The molecule has 2 heterocycles. The molecule has 2 aromatic heterocycles. The van der Waals surface area contributed by atoms with Crippen molar-refractivity contribution >= 4 is 71.6 Å². The standard InChI is InChI=1S/C58H38N2O/c1-2-12-39(13-3-1)40-24-30-46(31-25-40)59(48-17-11-16-44(37-48)45-29-34-53-54-35-28-42-14-4-5-19-50(42)58(54)61-57(53)38-45)47-32-26-41(27-33-47)43-15-10-18-49(36-43)60-55-22-8-6-20-51(55)52-21-7-9-23-56(52)60/h1-38H. The lowest BCUT2D eigenvalue weighted by molar-refractivity contribution is 0.673. The zero-order valence-electron chi connectivity index (χ0n) is 33.2. The minimum Gasteiger partial charge on any atom is -0.455 e. The number of furan rings is 1. The van der Waals surface area contributed by atoms with E-state index in [1.54, 1.807) is 0 Å². The van der Waals surface area contributed by atoms with Crippen molar-refractivity contribution in [1.29, 1.82) is 0 Å². The van der Waals surface area contributed by atoms with Crippen LogP contribution in [0.1, 0.15) is 0 Å². The van der Waals surface area contributed by atoms with Crippen molar-refractivity contribution in [3.63, 3.8) is 0 Å². The van der Waals surface area contributed by atoms with Crippen molar-refractivity contribution in [3.8, 4) is 39.1 Å². The van der Waals surface area contributed by atoms with E-state index in [9.17, 15) is 0 Å². The summed E-state index contributed by atoms with van der Waals surface area (Å²) < 4.78 is 8.97. The van der Waals surface area contributed by atoms with E-state index in [4.69, 9.17) is 4.42 Å². The van der Waals surface area contributed by atoms with Crippen LogP contribution < -0.4 is 4.90 Å². The van der Waals surface area contributed by atoms with Crippen LogP contribution in [0.15, 0.2) is 235 Å². The lowest BCUT2D eigenvalue weighted by Crippen LogP contribution is -2.10. The molecule has 61 heavy (non-hydrogen) atoms. The molecule has 0 aliphatic carbocycles. The van der Waals surface area contributed by atoms with Crippen LogP contribution in [0, 0.1) is 0 Å². The van der Waals surface area contributed by atoms with E-state index in [-0.39, 0.29) is 0 Å². The highest BCUT2D eigenvalue weighted by Gasteiger charge is 2.17. The summed E-state index contributed by atoms with van der Waals surface area (Å²) in [5.41, 5.74) is 15.5. The molecule has 3 nitrogen and oxygen atoms in total. The highest BCUT2D eigenvalue weighted by molar-refractivity contribution is 6.15. The van der Waals surface area contributed by atoms with Gasteiger partial charge in [0.05, 0.1) is 11.0 Å². The SMILES string of the molecule is c1ccc(-c2ccc(N(c3ccc(-c4cccc(-n5c6ccccc6c6ccccc65)c4)cc3)c3cccc(-c4ccc5c(c4)oc4c6ccccc6ccc54)c3)cc2)cc1. The summed E-state index contributed by atoms with van der Waals surface area (Å²) in [7, 11) is 0. The second-order valence-electron chi connectivity index (χ2n) is 15.7. The lowest BCUT2D eigenvalue weighted by atomic mass is 10.0. The average molecular weight is 779 g/mol. The first-order valence-electron chi connectivity index (χ1n) is 20.8. The molecule has 286 valence electrons. The molecule has 0 N–H and O–H groups in total. The zero-order chi connectivity index (χ0) is 40.3. The second-order valence-corrected chi connectivity index (χ2v) is 15.7. The Kier molecular flexibility index (Phi) is 8.17. The molecule has 12 aromatic rings. The number of fused-ring (bicyclic) bond motifs is 8. The quantitative estimate of drug-likeness (QED) is 0.161. The number of para-hydroxylation sites is 2. The lowest BCUT2D eigenvalue weighted by Gasteiger charge is -2.26. The van der Waals surface area contributed by atoms with Crippen molar-refractivity contribution in [2.24, 2.45) is 0 Å². The van der Waals surface area contributed by atoms with Gasteiger partial charge in [0.25, 0.3) is 0 Å². The third kappa shape index (κ3) is 5.98. The zero-order valence-corrected chi connectivity index (χ0v) is 33.2. The summed E-state index contributed by atoms with van der Waals surface area (Å²) in [5.74, 6) is 0. The average Bonchev–Trinajstić information content (AvgIpc) is 3.88. The van der Waals surface area contributed by atoms with Crippen molar-refractivity contribution < 1.29 is 4.42 Å². The Hall–Kier alpha value is -8.14. The van der Waals surface area contributed by atoms with E-state index >= 15 is 0 Å². The smallest absolute Gasteiger partial charge is 0.143 e. The van der Waals surface area contributed by atoms with E-state index in [2.05, 4.69) is 240 Å².